The number of hydrogen-bond acceptors (Lipinski definition) is 7. The summed E-state index contributed by atoms with van der Waals surface area (Å²) < 4.78 is 15.6. The van der Waals surface area contributed by atoms with Gasteiger partial charge in [-0.15, -0.1) is 0 Å². The Morgan fingerprint density at radius 1 is 0.958 bits per heavy atom. The van der Waals surface area contributed by atoms with Gasteiger partial charge in [0.2, 0.25) is 5.75 Å². The summed E-state index contributed by atoms with van der Waals surface area (Å²) >= 11 is 0. The van der Waals surface area contributed by atoms with Gasteiger partial charge in [0.1, 0.15) is 5.75 Å². The maximum Gasteiger partial charge on any atom is 0.200 e. The molecule has 0 unspecified atom stereocenters. The molecule has 1 aliphatic heterocycles. The van der Waals surface area contributed by atoms with E-state index in [0.717, 1.165) is 0 Å². The minimum atomic E-state index is -1.04. The van der Waals surface area contributed by atoms with Crippen LogP contribution in [-0.4, -0.2) is 41.3 Å². The van der Waals surface area contributed by atoms with E-state index in [0.29, 0.717) is 16.9 Å². The van der Waals surface area contributed by atoms with Gasteiger partial charge >= 0.3 is 0 Å². The van der Waals surface area contributed by atoms with Gasteiger partial charge in [0, 0.05) is 17.2 Å². The first-order chi connectivity index (χ1) is 11.5. The van der Waals surface area contributed by atoms with Crippen LogP contribution in [0.15, 0.2) is 24.3 Å². The van der Waals surface area contributed by atoms with Crippen molar-refractivity contribution in [2.45, 2.75) is 12.0 Å². The fourth-order valence-electron chi connectivity index (χ4n) is 2.87. The van der Waals surface area contributed by atoms with Gasteiger partial charge in [0.15, 0.2) is 23.0 Å². The van der Waals surface area contributed by atoms with E-state index in [-0.39, 0.29) is 29.6 Å². The minimum Gasteiger partial charge on any atom is -0.504 e. The number of ether oxygens (including phenoxy) is 3. The predicted molar refractivity (Wildman–Crippen MR) is 84.2 cm³/mol. The fraction of sp³-hybridized carbons (Fsp3) is 0.294. The van der Waals surface area contributed by atoms with Crippen LogP contribution in [0.3, 0.4) is 0 Å². The van der Waals surface area contributed by atoms with Gasteiger partial charge in [-0.05, 0) is 12.1 Å². The number of benzene rings is 2. The van der Waals surface area contributed by atoms with Crippen molar-refractivity contribution >= 4 is 0 Å². The molecule has 0 aromatic heterocycles. The van der Waals surface area contributed by atoms with Gasteiger partial charge in [0.05, 0.1) is 32.8 Å². The lowest BCUT2D eigenvalue weighted by Gasteiger charge is -2.31. The summed E-state index contributed by atoms with van der Waals surface area (Å²) in [5, 5.41) is 40.7. The zero-order valence-electron chi connectivity index (χ0n) is 13.2. The van der Waals surface area contributed by atoms with Crippen LogP contribution in [0.4, 0.5) is 0 Å². The molecule has 24 heavy (non-hydrogen) atoms. The van der Waals surface area contributed by atoms with Crippen molar-refractivity contribution in [3.8, 4) is 34.5 Å². The number of phenolic OH excluding ortho intramolecular Hbond substituents is 3. The summed E-state index contributed by atoms with van der Waals surface area (Å²) in [5.41, 5.74) is 0.695. The smallest absolute Gasteiger partial charge is 0.200 e. The number of aliphatic hydroxyl groups excluding tert-OH is 1. The second-order valence-electron chi connectivity index (χ2n) is 5.48. The van der Waals surface area contributed by atoms with Crippen molar-refractivity contribution < 1.29 is 34.6 Å². The van der Waals surface area contributed by atoms with E-state index in [4.69, 9.17) is 14.2 Å². The molecule has 0 saturated carbocycles. The number of aliphatic hydroxyl groups is 1. The first-order valence-electron chi connectivity index (χ1n) is 7.28. The molecule has 2 aromatic carbocycles. The van der Waals surface area contributed by atoms with E-state index in [9.17, 15) is 20.4 Å². The molecule has 0 fully saturated rings. The van der Waals surface area contributed by atoms with E-state index in [2.05, 4.69) is 0 Å². The average Bonchev–Trinajstić information content (AvgIpc) is 2.58. The van der Waals surface area contributed by atoms with Crippen LogP contribution in [0.2, 0.25) is 0 Å². The van der Waals surface area contributed by atoms with Crippen molar-refractivity contribution in [3.63, 3.8) is 0 Å². The van der Waals surface area contributed by atoms with Gasteiger partial charge < -0.3 is 34.6 Å². The third-order valence-corrected chi connectivity index (χ3v) is 4.19. The lowest BCUT2D eigenvalue weighted by molar-refractivity contribution is 0.0869. The third-order valence-electron chi connectivity index (χ3n) is 4.19. The molecule has 2 atom stereocenters. The number of phenols is 3. The van der Waals surface area contributed by atoms with Gasteiger partial charge in [-0.2, -0.15) is 0 Å². The molecule has 0 amide bonds. The molecule has 0 spiro atoms. The number of aromatic hydroxyl groups is 3. The number of fused-ring (bicyclic) bond motifs is 1. The van der Waals surface area contributed by atoms with Crippen LogP contribution in [0.1, 0.15) is 23.1 Å². The molecule has 7 heteroatoms. The number of hydrogen-bond donors (Lipinski definition) is 4. The molecule has 7 nitrogen and oxygen atoms in total. The zero-order valence-corrected chi connectivity index (χ0v) is 13.2. The number of rotatable bonds is 3. The fourth-order valence-corrected chi connectivity index (χ4v) is 2.87. The molecular weight excluding hydrogens is 316 g/mol. The predicted octanol–water partition coefficient (Wildman–Crippen LogP) is 2.03. The van der Waals surface area contributed by atoms with Gasteiger partial charge in [-0.25, -0.2) is 0 Å². The second kappa shape index (κ2) is 6.01. The highest BCUT2D eigenvalue weighted by molar-refractivity contribution is 5.57. The summed E-state index contributed by atoms with van der Waals surface area (Å²) in [6.07, 6.45) is -1.04. The third kappa shape index (κ3) is 2.43. The minimum absolute atomic E-state index is 0.0847. The van der Waals surface area contributed by atoms with E-state index in [1.165, 1.54) is 32.4 Å². The van der Waals surface area contributed by atoms with Crippen molar-refractivity contribution in [3.05, 3.63) is 35.4 Å². The molecular formula is C17H18O7. The Balaban J connectivity index is 2.01. The van der Waals surface area contributed by atoms with Gasteiger partial charge in [0.25, 0.3) is 0 Å². The van der Waals surface area contributed by atoms with E-state index >= 15 is 0 Å². The molecule has 3 rings (SSSR count). The highest BCUT2D eigenvalue weighted by Gasteiger charge is 2.34. The van der Waals surface area contributed by atoms with E-state index in [1.54, 1.807) is 6.07 Å². The average molecular weight is 334 g/mol. The van der Waals surface area contributed by atoms with Crippen molar-refractivity contribution in [1.29, 1.82) is 0 Å². The Morgan fingerprint density at radius 2 is 1.67 bits per heavy atom. The second-order valence-corrected chi connectivity index (χ2v) is 5.48. The van der Waals surface area contributed by atoms with Crippen molar-refractivity contribution in [2.24, 2.45) is 0 Å². The largest absolute Gasteiger partial charge is 0.504 e. The highest BCUT2D eigenvalue weighted by Crippen LogP contribution is 2.49. The lowest BCUT2D eigenvalue weighted by atomic mass is 9.86. The van der Waals surface area contributed by atoms with Gasteiger partial charge in [-0.1, -0.05) is 6.07 Å². The summed E-state index contributed by atoms with van der Waals surface area (Å²) in [6.45, 7) is 0.0847. The summed E-state index contributed by atoms with van der Waals surface area (Å²) in [7, 11) is 2.79. The first kappa shape index (κ1) is 16.1. The highest BCUT2D eigenvalue weighted by atomic mass is 16.5. The normalized spacial score (nSPS) is 19.3. The number of methoxy groups -OCH3 is 2. The maximum absolute atomic E-state index is 10.6. The molecule has 0 bridgehead atoms. The van der Waals surface area contributed by atoms with Crippen LogP contribution in [0.25, 0.3) is 0 Å². The molecule has 0 radical (unpaired) electrons. The molecule has 0 saturated heterocycles. The Kier molecular flexibility index (Phi) is 4.02. The Labute approximate surface area is 138 Å². The van der Waals surface area contributed by atoms with Crippen LogP contribution in [-0.2, 0) is 0 Å². The molecule has 1 heterocycles. The van der Waals surface area contributed by atoms with E-state index in [1.807, 2.05) is 0 Å². The summed E-state index contributed by atoms with van der Waals surface area (Å²) in [4.78, 5) is 0. The monoisotopic (exact) mass is 334 g/mol. The Hall–Kier alpha value is -2.80. The van der Waals surface area contributed by atoms with E-state index < -0.39 is 17.8 Å². The van der Waals surface area contributed by atoms with Crippen LogP contribution in [0, 0.1) is 0 Å². The van der Waals surface area contributed by atoms with Crippen LogP contribution >= 0.6 is 0 Å². The van der Waals surface area contributed by atoms with Crippen molar-refractivity contribution in [2.75, 3.05) is 20.8 Å². The Bertz CT molecular complexity index is 772. The van der Waals surface area contributed by atoms with Crippen LogP contribution < -0.4 is 14.2 Å². The van der Waals surface area contributed by atoms with Crippen LogP contribution in [0.5, 0.6) is 34.5 Å². The van der Waals surface area contributed by atoms with Crippen molar-refractivity contribution in [1.82, 2.24) is 0 Å². The van der Waals surface area contributed by atoms with Gasteiger partial charge in [-0.3, -0.25) is 0 Å². The topological polar surface area (TPSA) is 109 Å². The zero-order chi connectivity index (χ0) is 17.4. The molecule has 4 N–H and O–H groups in total. The first-order valence-corrected chi connectivity index (χ1v) is 7.28. The lowest BCUT2D eigenvalue weighted by Crippen LogP contribution is -2.24. The standard InChI is InChI=1S/C17H18O7/c1-22-12-4-3-8(16(20)17(12)21)10-7-24-13-6-14(23-2)11(18)5-9(13)15(10)19/h3-6,10,15,18-21H,7H2,1-2H3/t10-,15-/m1/s1. The molecule has 1 aliphatic rings. The molecule has 2 aromatic rings. The molecule has 0 aliphatic carbocycles. The Morgan fingerprint density at radius 3 is 2.33 bits per heavy atom. The molecule has 128 valence electrons. The summed E-state index contributed by atoms with van der Waals surface area (Å²) in [6, 6.07) is 5.92. The maximum atomic E-state index is 10.6. The summed E-state index contributed by atoms with van der Waals surface area (Å²) in [5.74, 6) is -0.752. The SMILES string of the molecule is COc1cc2c(cc1O)[C@@H](O)[C@@H](c1ccc(OC)c(O)c1O)CO2. The quantitative estimate of drug-likeness (QED) is 0.636.